The van der Waals surface area contributed by atoms with Gasteiger partial charge >= 0.3 is 0 Å². The van der Waals surface area contributed by atoms with Crippen LogP contribution < -0.4 is 0 Å². The van der Waals surface area contributed by atoms with E-state index in [1.807, 2.05) is 0 Å². The summed E-state index contributed by atoms with van der Waals surface area (Å²) in [5, 5.41) is 0.454. The number of benzene rings is 3. The van der Waals surface area contributed by atoms with Gasteiger partial charge in [-0.3, -0.25) is 0 Å². The molecule has 0 N–H and O–H groups in total. The second-order valence-corrected chi connectivity index (χ2v) is 18.9. The van der Waals surface area contributed by atoms with Crippen LogP contribution in [-0.4, -0.2) is 16.1 Å². The molecule has 0 aliphatic heterocycles. The van der Waals surface area contributed by atoms with Crippen molar-refractivity contribution in [1.82, 2.24) is 0 Å². The highest BCUT2D eigenvalue weighted by atomic mass is 28.3. The molecule has 0 aromatic heterocycles. The number of halogens is 4. The molecule has 0 atom stereocenters. The molecule has 0 fully saturated rings. The van der Waals surface area contributed by atoms with Gasteiger partial charge in [-0.15, -0.1) is 11.1 Å². The molecule has 0 spiro atoms. The summed E-state index contributed by atoms with van der Waals surface area (Å²) in [6, 6.07) is 6.28. The molecular formula is C24H22F4Si2. The van der Waals surface area contributed by atoms with Crippen LogP contribution in [-0.2, 0) is 0 Å². The van der Waals surface area contributed by atoms with E-state index in [9.17, 15) is 17.6 Å². The first-order chi connectivity index (χ1) is 13.8. The van der Waals surface area contributed by atoms with Crippen molar-refractivity contribution in [2.24, 2.45) is 0 Å². The molecule has 6 heteroatoms. The normalized spacial score (nSPS) is 11.8. The molecule has 0 unspecified atom stereocenters. The Kier molecular flexibility index (Phi) is 5.62. The molecule has 0 saturated carbocycles. The van der Waals surface area contributed by atoms with E-state index in [1.165, 1.54) is 12.1 Å². The van der Waals surface area contributed by atoms with E-state index in [0.717, 1.165) is 0 Å². The molecular weight excluding hydrogens is 420 g/mol. The van der Waals surface area contributed by atoms with E-state index >= 15 is 0 Å². The summed E-state index contributed by atoms with van der Waals surface area (Å²) in [4.78, 5) is 0. The van der Waals surface area contributed by atoms with Crippen LogP contribution in [0.3, 0.4) is 0 Å². The van der Waals surface area contributed by atoms with E-state index in [-0.39, 0.29) is 10.8 Å². The lowest BCUT2D eigenvalue weighted by molar-refractivity contribution is 0.418. The highest BCUT2D eigenvalue weighted by Crippen LogP contribution is 2.33. The predicted octanol–water partition coefficient (Wildman–Crippen LogP) is 7.01. The maximum atomic E-state index is 14.4. The summed E-state index contributed by atoms with van der Waals surface area (Å²) in [5.74, 6) is -0.169. The van der Waals surface area contributed by atoms with Crippen molar-refractivity contribution in [3.8, 4) is 22.9 Å². The minimum absolute atomic E-state index is 0.315. The lowest BCUT2D eigenvalue weighted by Crippen LogP contribution is -2.16. The lowest BCUT2D eigenvalue weighted by Gasteiger charge is -2.11. The first kappa shape index (κ1) is 22.1. The first-order valence-electron chi connectivity index (χ1n) is 9.57. The molecule has 0 aliphatic carbocycles. The molecule has 3 aromatic carbocycles. The Morgan fingerprint density at radius 1 is 0.533 bits per heavy atom. The van der Waals surface area contributed by atoms with Crippen LogP contribution in [0.4, 0.5) is 17.6 Å². The molecule has 3 rings (SSSR count). The van der Waals surface area contributed by atoms with Crippen molar-refractivity contribution in [3.63, 3.8) is 0 Å². The maximum Gasteiger partial charge on any atom is 0.198 e. The molecule has 0 bridgehead atoms. The molecule has 0 heterocycles. The number of fused-ring (bicyclic) bond motifs is 2. The van der Waals surface area contributed by atoms with Crippen LogP contribution in [0.25, 0.3) is 21.5 Å². The van der Waals surface area contributed by atoms with Gasteiger partial charge < -0.3 is 0 Å². The summed E-state index contributed by atoms with van der Waals surface area (Å²) in [6.07, 6.45) is 0. The van der Waals surface area contributed by atoms with Crippen molar-refractivity contribution < 1.29 is 17.6 Å². The molecule has 3 aromatic rings. The van der Waals surface area contributed by atoms with Crippen molar-refractivity contribution in [2.45, 2.75) is 39.3 Å². The van der Waals surface area contributed by atoms with E-state index in [0.29, 0.717) is 21.9 Å². The number of hydrogen-bond acceptors (Lipinski definition) is 0. The molecule has 0 amide bonds. The lowest BCUT2D eigenvalue weighted by atomic mass is 9.95. The Balaban J connectivity index is 2.47. The zero-order valence-corrected chi connectivity index (χ0v) is 19.8. The summed E-state index contributed by atoms with van der Waals surface area (Å²) in [7, 11) is -3.40. The predicted molar refractivity (Wildman–Crippen MR) is 122 cm³/mol. The zero-order valence-electron chi connectivity index (χ0n) is 17.8. The highest BCUT2D eigenvalue weighted by Gasteiger charge is 2.22. The van der Waals surface area contributed by atoms with Gasteiger partial charge in [0.25, 0.3) is 0 Å². The fourth-order valence-corrected chi connectivity index (χ4v) is 3.93. The average Bonchev–Trinajstić information content (AvgIpc) is 2.65. The van der Waals surface area contributed by atoms with Crippen molar-refractivity contribution in [3.05, 3.63) is 58.7 Å². The Labute approximate surface area is 176 Å². The minimum atomic E-state index is -1.82. The second-order valence-electron chi connectivity index (χ2n) is 9.36. The summed E-state index contributed by atoms with van der Waals surface area (Å²) >= 11 is 0. The second kappa shape index (κ2) is 7.61. The van der Waals surface area contributed by atoms with Crippen LogP contribution in [0.1, 0.15) is 11.1 Å². The molecule has 0 radical (unpaired) electrons. The van der Waals surface area contributed by atoms with Crippen LogP contribution in [0.15, 0.2) is 24.3 Å². The summed E-state index contributed by atoms with van der Waals surface area (Å²) in [6.45, 7) is 12.6. The molecule has 30 heavy (non-hydrogen) atoms. The third-order valence-corrected chi connectivity index (χ3v) is 6.10. The minimum Gasteiger partial charge on any atom is -0.203 e. The topological polar surface area (TPSA) is 0 Å². The largest absolute Gasteiger partial charge is 0.203 e. The standard InChI is InChI=1S/C24H22F4Si2/c1-29(2,3)11-9-15-7-8-16(10-12-30(4,5)6)18-14-20-19(13-17(15)18)21(25)23(27)24(28)22(20)26/h7-8,13-14H,1-6H3. The molecule has 0 nitrogen and oxygen atoms in total. The van der Waals surface area contributed by atoms with Crippen LogP contribution in [0.2, 0.25) is 39.3 Å². The quantitative estimate of drug-likeness (QED) is 0.0877. The SMILES string of the molecule is C[Si](C)(C)C#Cc1ccc(C#C[Si](C)(C)C)c2cc3c(F)c(F)c(F)c(F)c3cc12. The van der Waals surface area contributed by atoms with Crippen molar-refractivity contribution >= 4 is 37.7 Å². The fourth-order valence-electron chi connectivity index (χ4n) is 2.91. The smallest absolute Gasteiger partial charge is 0.198 e. The highest BCUT2D eigenvalue weighted by molar-refractivity contribution is 6.84. The van der Waals surface area contributed by atoms with E-state index < -0.39 is 39.4 Å². The zero-order chi connectivity index (χ0) is 22.4. The van der Waals surface area contributed by atoms with Crippen LogP contribution in [0.5, 0.6) is 0 Å². The molecule has 154 valence electrons. The third-order valence-electron chi connectivity index (χ3n) is 4.35. The Morgan fingerprint density at radius 3 is 1.17 bits per heavy atom. The summed E-state index contributed by atoms with van der Waals surface area (Å²) < 4.78 is 56.5. The van der Waals surface area contributed by atoms with Gasteiger partial charge in [-0.2, -0.15) is 0 Å². The maximum absolute atomic E-state index is 14.4. The van der Waals surface area contributed by atoms with E-state index in [4.69, 9.17) is 0 Å². The van der Waals surface area contributed by atoms with Gasteiger partial charge in [-0.25, -0.2) is 17.6 Å². The van der Waals surface area contributed by atoms with Gasteiger partial charge in [0.1, 0.15) is 16.1 Å². The van der Waals surface area contributed by atoms with Crippen LogP contribution >= 0.6 is 0 Å². The van der Waals surface area contributed by atoms with Crippen molar-refractivity contribution in [1.29, 1.82) is 0 Å². The fraction of sp³-hybridized carbons (Fsp3) is 0.250. The van der Waals surface area contributed by atoms with Gasteiger partial charge in [0.05, 0.1) is 0 Å². The average molecular weight is 443 g/mol. The third kappa shape index (κ3) is 4.45. The Morgan fingerprint density at radius 2 is 0.867 bits per heavy atom. The van der Waals surface area contributed by atoms with E-state index in [1.54, 1.807) is 12.1 Å². The van der Waals surface area contributed by atoms with Gasteiger partial charge in [0.2, 0.25) is 0 Å². The van der Waals surface area contributed by atoms with Crippen molar-refractivity contribution in [2.75, 3.05) is 0 Å². The molecule has 0 saturated heterocycles. The van der Waals surface area contributed by atoms with E-state index in [2.05, 4.69) is 62.2 Å². The Hall–Kier alpha value is -2.55. The monoisotopic (exact) mass is 442 g/mol. The van der Waals surface area contributed by atoms with Gasteiger partial charge in [-0.05, 0) is 35.0 Å². The summed E-state index contributed by atoms with van der Waals surface area (Å²) in [5.41, 5.74) is 7.76. The molecule has 0 aliphatic rings. The van der Waals surface area contributed by atoms with Crippen LogP contribution in [0, 0.1) is 46.2 Å². The Bertz CT molecular complexity index is 1200. The van der Waals surface area contributed by atoms with Gasteiger partial charge in [0, 0.05) is 21.9 Å². The number of hydrogen-bond donors (Lipinski definition) is 0. The first-order valence-corrected chi connectivity index (χ1v) is 16.6. The van der Waals surface area contributed by atoms with Gasteiger partial charge in [0.15, 0.2) is 23.3 Å². The number of rotatable bonds is 0. The van der Waals surface area contributed by atoms with Gasteiger partial charge in [-0.1, -0.05) is 51.1 Å².